The van der Waals surface area contributed by atoms with Gasteiger partial charge in [0.25, 0.3) is 5.91 Å². The van der Waals surface area contributed by atoms with Crippen LogP contribution < -0.4 is 20.4 Å². The van der Waals surface area contributed by atoms with Gasteiger partial charge in [0.15, 0.2) is 11.5 Å². The molecule has 0 atom stereocenters. The third kappa shape index (κ3) is 3.35. The van der Waals surface area contributed by atoms with Crippen molar-refractivity contribution in [3.63, 3.8) is 0 Å². The first-order valence-corrected chi connectivity index (χ1v) is 10.2. The Morgan fingerprint density at radius 2 is 1.70 bits per heavy atom. The van der Waals surface area contributed by atoms with Gasteiger partial charge in [0, 0.05) is 10.9 Å². The van der Waals surface area contributed by atoms with Gasteiger partial charge >= 0.3 is 11.6 Å². The van der Waals surface area contributed by atoms with Gasteiger partial charge in [-0.1, -0.05) is 35.4 Å². The number of aromatic nitrogens is 2. The minimum absolute atomic E-state index is 0.151. The van der Waals surface area contributed by atoms with Crippen LogP contribution in [0.1, 0.15) is 10.4 Å². The van der Waals surface area contributed by atoms with Gasteiger partial charge in [-0.05, 0) is 41.1 Å². The third-order valence-electron chi connectivity index (χ3n) is 5.32. The lowest BCUT2D eigenvalue weighted by Gasteiger charge is -2.18. The molecule has 3 heterocycles. The second-order valence-electron chi connectivity index (χ2n) is 7.37. The van der Waals surface area contributed by atoms with E-state index >= 15 is 0 Å². The quantitative estimate of drug-likeness (QED) is 0.330. The summed E-state index contributed by atoms with van der Waals surface area (Å²) in [6.45, 7) is 0.937. The molecule has 0 bridgehead atoms. The van der Waals surface area contributed by atoms with Crippen molar-refractivity contribution < 1.29 is 23.1 Å². The molecule has 1 amide bonds. The molecule has 0 unspecified atom stereocenters. The summed E-state index contributed by atoms with van der Waals surface area (Å²) in [5.41, 5.74) is 0.0673. The molecule has 5 aromatic rings. The number of rotatable bonds is 3. The minimum atomic E-state index is -0.762. The molecule has 0 spiro atoms. The van der Waals surface area contributed by atoms with Crippen LogP contribution in [0.2, 0.25) is 0 Å². The van der Waals surface area contributed by atoms with Crippen LogP contribution in [0, 0.1) is 0 Å². The summed E-state index contributed by atoms with van der Waals surface area (Å²) in [5.74, 6) is 0.673. The average Bonchev–Trinajstić information content (AvgIpc) is 3.31. The summed E-state index contributed by atoms with van der Waals surface area (Å²) in [4.78, 5) is 25.3. The van der Waals surface area contributed by atoms with Crippen molar-refractivity contribution in [1.29, 1.82) is 0 Å². The molecule has 0 aliphatic carbocycles. The van der Waals surface area contributed by atoms with Crippen molar-refractivity contribution in [3.05, 3.63) is 76.6 Å². The Hall–Kier alpha value is -4.66. The first-order valence-electron chi connectivity index (χ1n) is 10.2. The Labute approximate surface area is 185 Å². The number of fused-ring (bicyclic) bond motifs is 4. The molecule has 0 fully saturated rings. The first kappa shape index (κ1) is 19.1. The molecular weight excluding hydrogens is 426 g/mol. The first-order chi connectivity index (χ1) is 16.2. The van der Waals surface area contributed by atoms with Gasteiger partial charge < -0.3 is 18.3 Å². The average molecular weight is 441 g/mol. The highest BCUT2D eigenvalue weighted by atomic mass is 16.6. The number of nitrogens with zero attached hydrogens (tertiary/aromatic N) is 2. The van der Waals surface area contributed by atoms with Crippen molar-refractivity contribution in [2.45, 2.75) is 0 Å². The van der Waals surface area contributed by atoms with E-state index in [0.717, 1.165) is 10.8 Å². The molecule has 1 N–H and O–H groups in total. The molecule has 0 radical (unpaired) electrons. The number of hydrogen-bond donors (Lipinski definition) is 1. The number of ether oxygens (including phenoxy) is 2. The van der Waals surface area contributed by atoms with E-state index in [-0.39, 0.29) is 17.5 Å². The van der Waals surface area contributed by atoms with Crippen LogP contribution in [0.25, 0.3) is 33.2 Å². The monoisotopic (exact) mass is 441 g/mol. The van der Waals surface area contributed by atoms with Crippen molar-refractivity contribution in [2.75, 3.05) is 18.5 Å². The molecule has 33 heavy (non-hydrogen) atoms. The van der Waals surface area contributed by atoms with E-state index < -0.39 is 11.5 Å². The fraction of sp³-hybridized carbons (Fsp3) is 0.0833. The maximum atomic E-state index is 12.8. The van der Waals surface area contributed by atoms with E-state index in [1.54, 1.807) is 24.3 Å². The Bertz CT molecular complexity index is 1600. The molecule has 6 rings (SSSR count). The largest absolute Gasteiger partial charge is 0.486 e. The molecule has 9 nitrogen and oxygen atoms in total. The Morgan fingerprint density at radius 1 is 0.848 bits per heavy atom. The smallest absolute Gasteiger partial charge is 0.349 e. The Balaban J connectivity index is 1.31. The molecule has 9 heteroatoms. The van der Waals surface area contributed by atoms with Crippen LogP contribution in [0.4, 0.5) is 6.01 Å². The van der Waals surface area contributed by atoms with Crippen molar-refractivity contribution >= 4 is 33.7 Å². The fourth-order valence-corrected chi connectivity index (χ4v) is 3.76. The highest BCUT2D eigenvalue weighted by Crippen LogP contribution is 2.34. The van der Waals surface area contributed by atoms with E-state index in [2.05, 4.69) is 15.5 Å². The zero-order chi connectivity index (χ0) is 22.4. The summed E-state index contributed by atoms with van der Waals surface area (Å²) in [6.07, 6.45) is 0. The zero-order valence-electron chi connectivity index (χ0n) is 17.0. The van der Waals surface area contributed by atoms with Crippen LogP contribution in [-0.4, -0.2) is 29.3 Å². The normalized spacial score (nSPS) is 12.7. The lowest BCUT2D eigenvalue weighted by atomic mass is 10.0. The van der Waals surface area contributed by atoms with E-state index in [9.17, 15) is 9.59 Å². The van der Waals surface area contributed by atoms with Gasteiger partial charge in [-0.25, -0.2) is 4.79 Å². The van der Waals surface area contributed by atoms with Crippen LogP contribution >= 0.6 is 0 Å². The standard InChI is InChI=1S/C24H15N3O6/c28-21(17-12-16-15-4-2-1-3-13(15)5-7-18(16)32-23(17)29)25-24-27-26-22(33-24)14-6-8-19-20(11-14)31-10-9-30-19/h1-8,11-12H,9-10H2,(H,25,27,28). The topological polar surface area (TPSA) is 117 Å². The predicted octanol–water partition coefficient (Wildman–Crippen LogP) is 4.02. The summed E-state index contributed by atoms with van der Waals surface area (Å²) in [5, 5.41) is 12.8. The molecule has 0 saturated carbocycles. The number of benzene rings is 3. The molecule has 1 aliphatic rings. The summed E-state index contributed by atoms with van der Waals surface area (Å²) >= 11 is 0. The number of amides is 1. The van der Waals surface area contributed by atoms with E-state index in [0.29, 0.717) is 41.2 Å². The molecule has 1 aliphatic heterocycles. The number of hydrogen-bond acceptors (Lipinski definition) is 8. The maximum Gasteiger partial charge on any atom is 0.349 e. The van der Waals surface area contributed by atoms with Crippen LogP contribution in [0.15, 0.2) is 74.3 Å². The van der Waals surface area contributed by atoms with Gasteiger partial charge in [-0.2, -0.15) is 0 Å². The molecule has 0 saturated heterocycles. The summed E-state index contributed by atoms with van der Waals surface area (Å²) in [7, 11) is 0. The number of anilines is 1. The second-order valence-corrected chi connectivity index (χ2v) is 7.37. The molecule has 2 aromatic heterocycles. The van der Waals surface area contributed by atoms with Crippen molar-refractivity contribution in [1.82, 2.24) is 10.2 Å². The van der Waals surface area contributed by atoms with Gasteiger partial charge in [0.1, 0.15) is 24.4 Å². The van der Waals surface area contributed by atoms with E-state index in [1.807, 2.05) is 30.3 Å². The van der Waals surface area contributed by atoms with Gasteiger partial charge in [0.05, 0.1) is 0 Å². The van der Waals surface area contributed by atoms with Crippen molar-refractivity contribution in [3.8, 4) is 23.0 Å². The Kier molecular flexibility index (Phi) is 4.32. The van der Waals surface area contributed by atoms with Crippen LogP contribution in [-0.2, 0) is 0 Å². The van der Waals surface area contributed by atoms with Crippen LogP contribution in [0.3, 0.4) is 0 Å². The number of carbonyl (C=O) groups excluding carboxylic acids is 1. The fourth-order valence-electron chi connectivity index (χ4n) is 3.76. The predicted molar refractivity (Wildman–Crippen MR) is 119 cm³/mol. The SMILES string of the molecule is O=C(Nc1nnc(-c2ccc3c(c2)OCCO3)o1)c1cc2c(ccc3ccccc32)oc1=O. The van der Waals surface area contributed by atoms with E-state index in [1.165, 1.54) is 6.07 Å². The van der Waals surface area contributed by atoms with Gasteiger partial charge in [0.2, 0.25) is 5.89 Å². The summed E-state index contributed by atoms with van der Waals surface area (Å²) in [6, 6.07) is 17.8. The van der Waals surface area contributed by atoms with Crippen molar-refractivity contribution in [2.24, 2.45) is 0 Å². The minimum Gasteiger partial charge on any atom is -0.486 e. The zero-order valence-corrected chi connectivity index (χ0v) is 17.0. The number of nitrogens with one attached hydrogen (secondary N) is 1. The highest BCUT2D eigenvalue weighted by molar-refractivity contribution is 6.10. The summed E-state index contributed by atoms with van der Waals surface area (Å²) < 4.78 is 22.0. The molecule has 162 valence electrons. The van der Waals surface area contributed by atoms with E-state index in [4.69, 9.17) is 18.3 Å². The van der Waals surface area contributed by atoms with Gasteiger partial charge in [-0.15, -0.1) is 5.10 Å². The second kappa shape index (κ2) is 7.49. The lowest BCUT2D eigenvalue weighted by molar-refractivity contribution is 0.102. The molecule has 3 aromatic carbocycles. The highest BCUT2D eigenvalue weighted by Gasteiger charge is 2.19. The third-order valence-corrected chi connectivity index (χ3v) is 5.32. The number of carbonyl (C=O) groups is 1. The molecular formula is C24H15N3O6. The Morgan fingerprint density at radius 3 is 2.61 bits per heavy atom. The van der Waals surface area contributed by atoms with Crippen LogP contribution in [0.5, 0.6) is 11.5 Å². The maximum absolute atomic E-state index is 12.8. The van der Waals surface area contributed by atoms with Gasteiger partial charge in [-0.3, -0.25) is 10.1 Å². The lowest BCUT2D eigenvalue weighted by Crippen LogP contribution is -2.20.